The van der Waals surface area contributed by atoms with Crippen molar-refractivity contribution in [1.29, 1.82) is 0 Å². The molecule has 6 nitrogen and oxygen atoms in total. The zero-order chi connectivity index (χ0) is 8.69. The first-order valence-electron chi connectivity index (χ1n) is 2.94. The molecular weight excluding hydrogens is 152 g/mol. The van der Waals surface area contributed by atoms with Crippen molar-refractivity contribution in [3.63, 3.8) is 0 Å². The molecule has 0 spiro atoms. The maximum Gasteiger partial charge on any atom is 0.304 e. The summed E-state index contributed by atoms with van der Waals surface area (Å²) < 4.78 is 4.38. The van der Waals surface area contributed by atoms with Crippen molar-refractivity contribution in [2.75, 3.05) is 13.3 Å². The minimum absolute atomic E-state index is 0.171. The number of hydrogen-bond donors (Lipinski definition) is 3. The van der Waals surface area contributed by atoms with Crippen LogP contribution in [0.4, 0.5) is 0 Å². The van der Waals surface area contributed by atoms with E-state index in [-0.39, 0.29) is 13.3 Å². The molecular formula is C5H10N2O4. The third kappa shape index (κ3) is 6.75. The van der Waals surface area contributed by atoms with Crippen LogP contribution >= 0.6 is 0 Å². The van der Waals surface area contributed by atoms with Crippen LogP contribution in [-0.2, 0) is 14.3 Å². The molecule has 11 heavy (non-hydrogen) atoms. The van der Waals surface area contributed by atoms with Crippen molar-refractivity contribution in [2.45, 2.75) is 6.92 Å². The molecule has 0 atom stereocenters. The van der Waals surface area contributed by atoms with Crippen LogP contribution in [0.25, 0.3) is 0 Å². The number of esters is 1. The Balaban J connectivity index is 3.24. The van der Waals surface area contributed by atoms with Gasteiger partial charge in [0, 0.05) is 6.92 Å². The van der Waals surface area contributed by atoms with Gasteiger partial charge in [-0.1, -0.05) is 0 Å². The number of carbonyl (C=O) groups is 2. The molecule has 1 amide bonds. The molecule has 6 heteroatoms. The summed E-state index contributed by atoms with van der Waals surface area (Å²) >= 11 is 0. The number of hydrogen-bond acceptors (Lipinski definition) is 5. The molecule has 0 aromatic rings. The maximum atomic E-state index is 10.5. The largest absolute Gasteiger partial charge is 0.445 e. The number of ether oxygens (including phenoxy) is 1. The van der Waals surface area contributed by atoms with Gasteiger partial charge in [0.2, 0.25) is 5.91 Å². The molecule has 0 aliphatic rings. The molecule has 0 aliphatic carbocycles. The minimum atomic E-state index is -0.470. The van der Waals surface area contributed by atoms with E-state index in [1.54, 1.807) is 5.48 Å². The Morgan fingerprint density at radius 3 is 2.64 bits per heavy atom. The van der Waals surface area contributed by atoms with E-state index >= 15 is 0 Å². The fourth-order valence-corrected chi connectivity index (χ4v) is 0.353. The zero-order valence-electron chi connectivity index (χ0n) is 6.09. The molecule has 0 radical (unpaired) electrons. The molecule has 3 N–H and O–H groups in total. The van der Waals surface area contributed by atoms with E-state index in [0.29, 0.717) is 0 Å². The fourth-order valence-electron chi connectivity index (χ4n) is 0.353. The third-order valence-corrected chi connectivity index (χ3v) is 0.784. The summed E-state index contributed by atoms with van der Waals surface area (Å²) in [4.78, 5) is 20.6. The van der Waals surface area contributed by atoms with Crippen molar-refractivity contribution in [1.82, 2.24) is 10.8 Å². The van der Waals surface area contributed by atoms with Crippen LogP contribution in [0.3, 0.4) is 0 Å². The van der Waals surface area contributed by atoms with Crippen LogP contribution in [0.15, 0.2) is 0 Å². The first-order chi connectivity index (χ1) is 5.16. The van der Waals surface area contributed by atoms with Gasteiger partial charge in [0.1, 0.15) is 0 Å². The molecule has 0 aromatic carbocycles. The molecule has 0 aromatic heterocycles. The van der Waals surface area contributed by atoms with Gasteiger partial charge < -0.3 is 15.3 Å². The summed E-state index contributed by atoms with van der Waals surface area (Å²) in [6, 6.07) is 0. The fraction of sp³-hybridized carbons (Fsp3) is 0.600. The predicted octanol–water partition coefficient (Wildman–Crippen LogP) is -1.40. The second-order valence-electron chi connectivity index (χ2n) is 1.72. The normalized spacial score (nSPS) is 8.91. The smallest absolute Gasteiger partial charge is 0.304 e. The molecule has 0 saturated heterocycles. The van der Waals surface area contributed by atoms with Gasteiger partial charge in [0.05, 0.1) is 6.54 Å². The number of rotatable bonds is 4. The summed E-state index contributed by atoms with van der Waals surface area (Å²) in [6.07, 6.45) is 0. The number of carbonyl (C=O) groups excluding carboxylic acids is 2. The summed E-state index contributed by atoms with van der Waals surface area (Å²) in [5.74, 6) is -0.920. The highest BCUT2D eigenvalue weighted by molar-refractivity contribution is 5.77. The van der Waals surface area contributed by atoms with Gasteiger partial charge in [0.25, 0.3) is 0 Å². The summed E-state index contributed by atoms with van der Waals surface area (Å²) in [6.45, 7) is 0.841. The van der Waals surface area contributed by atoms with E-state index in [0.717, 1.165) is 0 Å². The Kier molecular flexibility index (Phi) is 5.05. The third-order valence-electron chi connectivity index (χ3n) is 0.784. The highest BCUT2D eigenvalue weighted by atomic mass is 16.5. The van der Waals surface area contributed by atoms with E-state index < -0.39 is 11.9 Å². The number of nitrogens with one attached hydrogen (secondary N) is 2. The molecule has 0 aliphatic heterocycles. The molecule has 0 bridgehead atoms. The van der Waals surface area contributed by atoms with E-state index in [1.165, 1.54) is 6.92 Å². The van der Waals surface area contributed by atoms with E-state index in [9.17, 15) is 9.59 Å². The Morgan fingerprint density at radius 2 is 2.18 bits per heavy atom. The first kappa shape index (κ1) is 9.86. The highest BCUT2D eigenvalue weighted by Crippen LogP contribution is 1.71. The summed E-state index contributed by atoms with van der Waals surface area (Å²) in [5, 5.41) is 10.2. The van der Waals surface area contributed by atoms with E-state index in [1.807, 2.05) is 0 Å². The number of amides is 1. The minimum Gasteiger partial charge on any atom is -0.445 e. The Bertz CT molecular complexity index is 147. The molecule has 0 saturated carbocycles. The van der Waals surface area contributed by atoms with Gasteiger partial charge >= 0.3 is 5.97 Å². The van der Waals surface area contributed by atoms with Gasteiger partial charge in [-0.25, -0.2) is 0 Å². The van der Waals surface area contributed by atoms with Gasteiger partial charge in [-0.3, -0.25) is 9.59 Å². The summed E-state index contributed by atoms with van der Waals surface area (Å²) in [7, 11) is 0. The molecule has 0 fully saturated rings. The SMILES string of the molecule is CC(=O)OCNC(=O)CNO. The van der Waals surface area contributed by atoms with Gasteiger partial charge in [-0.15, -0.1) is 0 Å². The lowest BCUT2D eigenvalue weighted by molar-refractivity contribution is -0.142. The maximum absolute atomic E-state index is 10.5. The van der Waals surface area contributed by atoms with Crippen LogP contribution in [-0.4, -0.2) is 30.4 Å². The lowest BCUT2D eigenvalue weighted by Crippen LogP contribution is -2.34. The second-order valence-corrected chi connectivity index (χ2v) is 1.72. The monoisotopic (exact) mass is 162 g/mol. The van der Waals surface area contributed by atoms with Crippen molar-refractivity contribution in [2.24, 2.45) is 0 Å². The van der Waals surface area contributed by atoms with E-state index in [4.69, 9.17) is 5.21 Å². The topological polar surface area (TPSA) is 87.7 Å². The molecule has 0 heterocycles. The van der Waals surface area contributed by atoms with Gasteiger partial charge in [-0.05, 0) is 0 Å². The average molecular weight is 162 g/mol. The molecule has 0 rings (SSSR count). The van der Waals surface area contributed by atoms with Crippen LogP contribution in [0.2, 0.25) is 0 Å². The van der Waals surface area contributed by atoms with Crippen LogP contribution in [0, 0.1) is 0 Å². The quantitative estimate of drug-likeness (QED) is 0.269. The standard InChI is InChI=1S/C5H10N2O4/c1-4(8)11-3-6-5(9)2-7-10/h7,10H,2-3H2,1H3,(H,6,9). The first-order valence-corrected chi connectivity index (χ1v) is 2.94. The van der Waals surface area contributed by atoms with Crippen molar-refractivity contribution >= 4 is 11.9 Å². The second kappa shape index (κ2) is 5.63. The molecule has 64 valence electrons. The molecule has 0 unspecified atom stereocenters. The van der Waals surface area contributed by atoms with Crippen LogP contribution in [0.5, 0.6) is 0 Å². The number of hydroxylamine groups is 1. The Morgan fingerprint density at radius 1 is 1.55 bits per heavy atom. The lowest BCUT2D eigenvalue weighted by atomic mass is 10.6. The van der Waals surface area contributed by atoms with Gasteiger partial charge in [0.15, 0.2) is 6.73 Å². The average Bonchev–Trinajstić information content (AvgIpc) is 1.87. The Hall–Kier alpha value is -1.14. The van der Waals surface area contributed by atoms with Crippen LogP contribution < -0.4 is 10.8 Å². The van der Waals surface area contributed by atoms with Crippen LogP contribution in [0.1, 0.15) is 6.92 Å². The Labute approximate surface area is 63.5 Å². The predicted molar refractivity (Wildman–Crippen MR) is 34.6 cm³/mol. The van der Waals surface area contributed by atoms with Crippen molar-refractivity contribution in [3.8, 4) is 0 Å². The van der Waals surface area contributed by atoms with Crippen molar-refractivity contribution < 1.29 is 19.5 Å². The zero-order valence-corrected chi connectivity index (χ0v) is 6.09. The highest BCUT2D eigenvalue weighted by Gasteiger charge is 1.98. The van der Waals surface area contributed by atoms with Crippen molar-refractivity contribution in [3.05, 3.63) is 0 Å². The van der Waals surface area contributed by atoms with Gasteiger partial charge in [-0.2, -0.15) is 5.48 Å². The lowest BCUT2D eigenvalue weighted by Gasteiger charge is -2.02. The summed E-state index contributed by atoms with van der Waals surface area (Å²) in [5.41, 5.74) is 1.65. The van der Waals surface area contributed by atoms with E-state index in [2.05, 4.69) is 10.1 Å².